The first-order valence-corrected chi connectivity index (χ1v) is 12.1. The van der Waals surface area contributed by atoms with Crippen molar-refractivity contribution in [1.82, 2.24) is 14.8 Å². The molecule has 4 aromatic rings. The molecule has 0 atom stereocenters. The number of rotatable bonds is 9. The Balaban J connectivity index is 1.70. The van der Waals surface area contributed by atoms with Gasteiger partial charge >= 0.3 is 0 Å². The Morgan fingerprint density at radius 3 is 2.35 bits per heavy atom. The highest BCUT2D eigenvalue weighted by molar-refractivity contribution is 7.20. The van der Waals surface area contributed by atoms with Gasteiger partial charge in [0.05, 0.1) is 35.2 Å². The molecule has 34 heavy (non-hydrogen) atoms. The van der Waals surface area contributed by atoms with Crippen molar-refractivity contribution >= 4 is 44.9 Å². The molecule has 0 unspecified atom stereocenters. The largest absolute Gasteiger partial charge is 0.490 e. The molecule has 0 bridgehead atoms. The van der Waals surface area contributed by atoms with Gasteiger partial charge in [0.15, 0.2) is 11.5 Å². The molecule has 0 aliphatic carbocycles. The number of aromatic nitrogens is 3. The van der Waals surface area contributed by atoms with Crippen molar-refractivity contribution in [3.05, 3.63) is 52.7 Å². The van der Waals surface area contributed by atoms with Crippen molar-refractivity contribution in [2.75, 3.05) is 25.1 Å². The maximum absolute atomic E-state index is 13.3. The van der Waals surface area contributed by atoms with E-state index >= 15 is 0 Å². The molecule has 178 valence electrons. The van der Waals surface area contributed by atoms with Crippen molar-refractivity contribution in [1.29, 1.82) is 0 Å². The first-order chi connectivity index (χ1) is 16.4. The van der Waals surface area contributed by atoms with Crippen LogP contribution in [-0.2, 0) is 0 Å². The molecule has 10 heteroatoms. The van der Waals surface area contributed by atoms with Crippen LogP contribution in [0.1, 0.15) is 36.8 Å². The van der Waals surface area contributed by atoms with Gasteiger partial charge < -0.3 is 19.5 Å². The van der Waals surface area contributed by atoms with Crippen molar-refractivity contribution in [3.8, 4) is 22.4 Å². The van der Waals surface area contributed by atoms with E-state index < -0.39 is 0 Å². The number of para-hydroxylation sites is 1. The average molecular weight is 501 g/mol. The molecule has 0 fully saturated rings. The van der Waals surface area contributed by atoms with Crippen molar-refractivity contribution in [3.63, 3.8) is 0 Å². The van der Waals surface area contributed by atoms with Crippen LogP contribution in [0.15, 0.2) is 36.4 Å². The highest BCUT2D eigenvalue weighted by atomic mass is 35.5. The van der Waals surface area contributed by atoms with Crippen LogP contribution in [-0.4, -0.2) is 40.5 Å². The van der Waals surface area contributed by atoms with Gasteiger partial charge in [0.2, 0.25) is 10.9 Å². The topological polar surface area (TPSA) is 87.5 Å². The minimum absolute atomic E-state index is 0.342. The lowest BCUT2D eigenvalue weighted by Gasteiger charge is -2.17. The zero-order valence-corrected chi connectivity index (χ0v) is 20.9. The second kappa shape index (κ2) is 10.3. The molecule has 1 amide bonds. The lowest BCUT2D eigenvalue weighted by atomic mass is 10.1. The van der Waals surface area contributed by atoms with Crippen molar-refractivity contribution in [2.24, 2.45) is 0 Å². The zero-order chi connectivity index (χ0) is 24.2. The summed E-state index contributed by atoms with van der Waals surface area (Å²) in [6, 6.07) is 10.7. The number of thiazole rings is 1. The lowest BCUT2D eigenvalue weighted by molar-refractivity contribution is 0.102. The summed E-state index contributed by atoms with van der Waals surface area (Å²) in [6.45, 7) is 8.75. The van der Waals surface area contributed by atoms with Gasteiger partial charge in [-0.05, 0) is 52.0 Å². The molecule has 4 rings (SSSR count). The third-order valence-electron chi connectivity index (χ3n) is 4.78. The number of amides is 1. The standard InChI is InChI=1S/C24H25ClN4O4S/c1-5-31-17-12-15(13-18(32-6-2)22(17)33-7-3)23(30)26-20-11-14(4)28-29(20)24-27-21-16(25)9-8-10-19(21)34-24/h8-13H,5-7H2,1-4H3,(H,26,30). The quantitative estimate of drug-likeness (QED) is 0.308. The number of anilines is 1. The minimum Gasteiger partial charge on any atom is -0.490 e. The monoisotopic (exact) mass is 500 g/mol. The summed E-state index contributed by atoms with van der Waals surface area (Å²) in [5.74, 6) is 1.53. The first kappa shape index (κ1) is 23.8. The fraction of sp³-hybridized carbons (Fsp3) is 0.292. The Hall–Kier alpha value is -3.30. The highest BCUT2D eigenvalue weighted by Gasteiger charge is 2.21. The third-order valence-corrected chi connectivity index (χ3v) is 6.09. The second-order valence-electron chi connectivity index (χ2n) is 7.22. The molecule has 0 saturated carbocycles. The maximum Gasteiger partial charge on any atom is 0.257 e. The summed E-state index contributed by atoms with van der Waals surface area (Å²) in [7, 11) is 0. The number of nitrogens with one attached hydrogen (secondary N) is 1. The Morgan fingerprint density at radius 2 is 1.74 bits per heavy atom. The first-order valence-electron chi connectivity index (χ1n) is 10.9. The molecule has 2 heterocycles. The van der Waals surface area contributed by atoms with Crippen molar-refractivity contribution in [2.45, 2.75) is 27.7 Å². The molecule has 8 nitrogen and oxygen atoms in total. The molecule has 2 aromatic heterocycles. The zero-order valence-electron chi connectivity index (χ0n) is 19.3. The number of halogens is 1. The average Bonchev–Trinajstić information content (AvgIpc) is 3.40. The molecule has 0 radical (unpaired) electrons. The summed E-state index contributed by atoms with van der Waals surface area (Å²) in [5, 5.41) is 8.63. The molecule has 1 N–H and O–H groups in total. The predicted molar refractivity (Wildman–Crippen MR) is 134 cm³/mol. The van der Waals surface area contributed by atoms with E-state index in [9.17, 15) is 4.79 Å². The number of hydrogen-bond donors (Lipinski definition) is 1. The van der Waals surface area contributed by atoms with Gasteiger partial charge in [0, 0.05) is 11.6 Å². The SMILES string of the molecule is CCOc1cc(C(=O)Nc2cc(C)nn2-c2nc3c(Cl)cccc3s2)cc(OCC)c1OCC. The number of ether oxygens (including phenoxy) is 3. The van der Waals surface area contributed by atoms with E-state index in [1.54, 1.807) is 28.9 Å². The van der Waals surface area contributed by atoms with Gasteiger partial charge in [-0.1, -0.05) is 29.0 Å². The number of carbonyl (C=O) groups excluding carboxylic acids is 1. The van der Waals surface area contributed by atoms with Crippen LogP contribution in [0.4, 0.5) is 5.82 Å². The lowest BCUT2D eigenvalue weighted by Crippen LogP contribution is -2.16. The van der Waals surface area contributed by atoms with E-state index in [0.29, 0.717) is 64.1 Å². The number of carbonyl (C=O) groups is 1. The Labute approximate surface area is 206 Å². The summed E-state index contributed by atoms with van der Waals surface area (Å²) < 4.78 is 19.7. The third kappa shape index (κ3) is 4.80. The van der Waals surface area contributed by atoms with Gasteiger partial charge in [-0.2, -0.15) is 9.78 Å². The van der Waals surface area contributed by atoms with Gasteiger partial charge in [-0.3, -0.25) is 4.79 Å². The molecular weight excluding hydrogens is 476 g/mol. The van der Waals surface area contributed by atoms with Gasteiger partial charge in [0.1, 0.15) is 11.3 Å². The van der Waals surface area contributed by atoms with E-state index in [-0.39, 0.29) is 5.91 Å². The summed E-state index contributed by atoms with van der Waals surface area (Å²) in [6.07, 6.45) is 0. The van der Waals surface area contributed by atoms with Crippen molar-refractivity contribution < 1.29 is 19.0 Å². The number of benzene rings is 2. The highest BCUT2D eigenvalue weighted by Crippen LogP contribution is 2.39. The van der Waals surface area contributed by atoms with Crippen LogP contribution < -0.4 is 19.5 Å². The van der Waals surface area contributed by atoms with E-state index in [1.165, 1.54) is 11.3 Å². The van der Waals surface area contributed by atoms with Gasteiger partial charge in [0.25, 0.3) is 5.91 Å². The molecule has 2 aromatic carbocycles. The normalized spacial score (nSPS) is 11.0. The molecule has 0 spiro atoms. The Kier molecular flexibility index (Phi) is 7.23. The molecule has 0 aliphatic heterocycles. The van der Waals surface area contributed by atoms with Crippen LogP contribution in [0, 0.1) is 6.92 Å². The molecular formula is C24H25ClN4O4S. The Morgan fingerprint density at radius 1 is 1.06 bits per heavy atom. The van der Waals surface area contributed by atoms with E-state index in [1.807, 2.05) is 39.8 Å². The van der Waals surface area contributed by atoms with Crippen LogP contribution in [0.2, 0.25) is 5.02 Å². The number of nitrogens with zero attached hydrogens (tertiary/aromatic N) is 3. The second-order valence-corrected chi connectivity index (χ2v) is 8.64. The fourth-order valence-electron chi connectivity index (χ4n) is 3.44. The minimum atomic E-state index is -0.342. The van der Waals surface area contributed by atoms with E-state index in [4.69, 9.17) is 25.8 Å². The van der Waals surface area contributed by atoms with Crippen LogP contribution in [0.25, 0.3) is 15.3 Å². The van der Waals surface area contributed by atoms with E-state index in [0.717, 1.165) is 10.4 Å². The fourth-order valence-corrected chi connectivity index (χ4v) is 4.67. The van der Waals surface area contributed by atoms with Gasteiger partial charge in [-0.15, -0.1) is 0 Å². The molecule has 0 aliphatic rings. The number of aryl methyl sites for hydroxylation is 1. The van der Waals surface area contributed by atoms with E-state index in [2.05, 4.69) is 15.4 Å². The summed E-state index contributed by atoms with van der Waals surface area (Å²) in [5.41, 5.74) is 1.80. The summed E-state index contributed by atoms with van der Waals surface area (Å²) >= 11 is 7.73. The number of hydrogen-bond acceptors (Lipinski definition) is 7. The van der Waals surface area contributed by atoms with Crippen LogP contribution in [0.5, 0.6) is 17.2 Å². The Bertz CT molecular complexity index is 1310. The predicted octanol–water partition coefficient (Wildman–Crippen LogP) is 5.89. The number of fused-ring (bicyclic) bond motifs is 1. The summed E-state index contributed by atoms with van der Waals surface area (Å²) in [4.78, 5) is 17.9. The van der Waals surface area contributed by atoms with Crippen LogP contribution in [0.3, 0.4) is 0 Å². The maximum atomic E-state index is 13.3. The van der Waals surface area contributed by atoms with Gasteiger partial charge in [-0.25, -0.2) is 4.98 Å². The van der Waals surface area contributed by atoms with Crippen LogP contribution >= 0.6 is 22.9 Å². The molecule has 0 saturated heterocycles. The smallest absolute Gasteiger partial charge is 0.257 e.